The van der Waals surface area contributed by atoms with Gasteiger partial charge in [-0.1, -0.05) is 44.2 Å². The Morgan fingerprint density at radius 3 is 1.68 bits per heavy atom. The maximum atomic E-state index is 13.9. The Morgan fingerprint density at radius 2 is 1.14 bits per heavy atom. The summed E-state index contributed by atoms with van der Waals surface area (Å²) in [5.74, 6) is -8.18. The monoisotopic (exact) mass is 891 g/mol. The lowest BCUT2D eigenvalue weighted by molar-refractivity contribution is -0.136. The number of nitrogens with two attached hydrogens (primary N) is 6. The topological polar surface area (TPSA) is 427 Å². The van der Waals surface area contributed by atoms with Crippen molar-refractivity contribution in [1.82, 2.24) is 37.2 Å². The van der Waals surface area contributed by atoms with Crippen molar-refractivity contribution in [2.45, 2.75) is 114 Å². The third-order valence-electron chi connectivity index (χ3n) is 9.17. The second-order valence-electron chi connectivity index (χ2n) is 15.2. The van der Waals surface area contributed by atoms with Gasteiger partial charge >= 0.3 is 0 Å². The fraction of sp³-hybridized carbons (Fsp3) is 0.590. The number of aliphatic hydroxyl groups excluding tert-OH is 1. The fourth-order valence-corrected chi connectivity index (χ4v) is 5.86. The number of nitrogens with one attached hydrogen (secondary N) is 7. The van der Waals surface area contributed by atoms with E-state index in [1.807, 2.05) is 0 Å². The maximum absolute atomic E-state index is 13.9. The Morgan fingerprint density at radius 1 is 0.619 bits per heavy atom. The van der Waals surface area contributed by atoms with E-state index in [0.29, 0.717) is 18.4 Å². The van der Waals surface area contributed by atoms with Gasteiger partial charge < -0.3 is 76.7 Å². The maximum Gasteiger partial charge on any atom is 0.243 e. The van der Waals surface area contributed by atoms with Crippen LogP contribution in [0.4, 0.5) is 0 Å². The number of aliphatic imine (C=N–C) groups is 1. The molecule has 24 heteroatoms. The summed E-state index contributed by atoms with van der Waals surface area (Å²) in [6, 6.07) is -0.716. The molecule has 0 radical (unpaired) electrons. The van der Waals surface area contributed by atoms with Crippen LogP contribution < -0.4 is 71.6 Å². The Bertz CT molecular complexity index is 1730. The van der Waals surface area contributed by atoms with Crippen molar-refractivity contribution in [3.8, 4) is 0 Å². The van der Waals surface area contributed by atoms with E-state index in [0.717, 1.165) is 0 Å². The van der Waals surface area contributed by atoms with E-state index in [9.17, 15) is 48.3 Å². The van der Waals surface area contributed by atoms with Gasteiger partial charge in [0.2, 0.25) is 53.2 Å². The molecule has 0 aliphatic carbocycles. The second kappa shape index (κ2) is 29.0. The summed E-state index contributed by atoms with van der Waals surface area (Å²) >= 11 is 0. The predicted octanol–water partition coefficient (Wildman–Crippen LogP) is -5.82. The Hall–Kier alpha value is -6.40. The molecular formula is C39H66N14O10. The van der Waals surface area contributed by atoms with Gasteiger partial charge in [0.05, 0.1) is 19.6 Å². The molecule has 20 N–H and O–H groups in total. The summed E-state index contributed by atoms with van der Waals surface area (Å²) in [6.45, 7) is 3.98. The Labute approximate surface area is 366 Å². The van der Waals surface area contributed by atoms with Gasteiger partial charge in [-0.15, -0.1) is 0 Å². The summed E-state index contributed by atoms with van der Waals surface area (Å²) in [4.78, 5) is 121. The number of carbonyl (C=O) groups excluding carboxylic acids is 9. The number of guanidine groups is 1. The van der Waals surface area contributed by atoms with Gasteiger partial charge in [-0.3, -0.25) is 48.1 Å². The smallest absolute Gasteiger partial charge is 0.243 e. The molecular weight excluding hydrogens is 825 g/mol. The summed E-state index contributed by atoms with van der Waals surface area (Å²) in [6.07, 6.45) is 0.186. The molecule has 1 rings (SSSR count). The molecule has 9 amide bonds. The van der Waals surface area contributed by atoms with Crippen molar-refractivity contribution in [1.29, 1.82) is 0 Å². The molecule has 7 atom stereocenters. The van der Waals surface area contributed by atoms with Gasteiger partial charge in [0.25, 0.3) is 0 Å². The summed E-state index contributed by atoms with van der Waals surface area (Å²) in [5.41, 5.74) is 33.4. The average molecular weight is 891 g/mol. The quantitative estimate of drug-likeness (QED) is 0.0195. The molecule has 0 fully saturated rings. The van der Waals surface area contributed by atoms with Crippen LogP contribution in [0.25, 0.3) is 0 Å². The molecule has 0 saturated carbocycles. The Balaban J connectivity index is 3.42. The number of carbonyl (C=O) groups is 9. The van der Waals surface area contributed by atoms with Crippen LogP contribution in [0.1, 0.15) is 71.3 Å². The molecule has 24 nitrogen and oxygen atoms in total. The first kappa shape index (κ1) is 54.6. The van der Waals surface area contributed by atoms with Crippen molar-refractivity contribution >= 4 is 59.1 Å². The van der Waals surface area contributed by atoms with Gasteiger partial charge in [-0.2, -0.15) is 0 Å². The zero-order valence-electron chi connectivity index (χ0n) is 36.0. The van der Waals surface area contributed by atoms with Crippen LogP contribution in [0.3, 0.4) is 0 Å². The van der Waals surface area contributed by atoms with Crippen LogP contribution >= 0.6 is 0 Å². The van der Waals surface area contributed by atoms with Crippen molar-refractivity contribution in [2.24, 2.45) is 45.3 Å². The molecule has 0 heterocycles. The molecule has 0 aliphatic heterocycles. The van der Waals surface area contributed by atoms with Crippen LogP contribution in [0.15, 0.2) is 35.3 Å². The molecule has 1 aromatic rings. The molecule has 352 valence electrons. The SMILES string of the molecule is CC(C)C[C@H](NC(=O)[C@H](CC(N)=O)NC(=O)[C@H](CCCN=C(N)N)NC(=O)[C@H](CCCCN)NC(=O)[C@H](C)NC(=O)[C@@H](N)CO)C(=O)N[C@@H](Cc1ccccc1)C(=O)NCC(N)=O. The fourth-order valence-electron chi connectivity index (χ4n) is 5.86. The zero-order chi connectivity index (χ0) is 47.6. The van der Waals surface area contributed by atoms with Gasteiger partial charge in [0, 0.05) is 13.0 Å². The Kier molecular flexibility index (Phi) is 25.1. The third kappa shape index (κ3) is 22.3. The van der Waals surface area contributed by atoms with Crippen LogP contribution in [0.2, 0.25) is 0 Å². The van der Waals surface area contributed by atoms with E-state index in [1.54, 1.807) is 44.2 Å². The number of amides is 9. The number of unbranched alkanes of at least 4 members (excludes halogenated alkanes) is 1. The molecule has 63 heavy (non-hydrogen) atoms. The van der Waals surface area contributed by atoms with E-state index in [2.05, 4.69) is 42.2 Å². The lowest BCUT2D eigenvalue weighted by Gasteiger charge is -2.28. The first-order valence-corrected chi connectivity index (χ1v) is 20.5. The van der Waals surface area contributed by atoms with Crippen molar-refractivity contribution in [3.05, 3.63) is 35.9 Å². The van der Waals surface area contributed by atoms with Crippen LogP contribution in [0, 0.1) is 5.92 Å². The van der Waals surface area contributed by atoms with Crippen molar-refractivity contribution in [2.75, 3.05) is 26.2 Å². The molecule has 0 aliphatic rings. The number of rotatable bonds is 30. The van der Waals surface area contributed by atoms with E-state index in [4.69, 9.17) is 34.4 Å². The first-order valence-electron chi connectivity index (χ1n) is 20.5. The number of benzene rings is 1. The lowest BCUT2D eigenvalue weighted by atomic mass is 10.00. The van der Waals surface area contributed by atoms with E-state index in [-0.39, 0.29) is 57.1 Å². The number of aliphatic hydroxyl groups is 1. The lowest BCUT2D eigenvalue weighted by Crippen LogP contribution is -2.60. The van der Waals surface area contributed by atoms with Gasteiger partial charge in [-0.05, 0) is 63.5 Å². The third-order valence-corrected chi connectivity index (χ3v) is 9.17. The van der Waals surface area contributed by atoms with Gasteiger partial charge in [-0.25, -0.2) is 0 Å². The minimum atomic E-state index is -1.68. The highest BCUT2D eigenvalue weighted by atomic mass is 16.3. The molecule has 0 spiro atoms. The second-order valence-corrected chi connectivity index (χ2v) is 15.2. The minimum Gasteiger partial charge on any atom is -0.394 e. The van der Waals surface area contributed by atoms with Crippen molar-refractivity contribution in [3.63, 3.8) is 0 Å². The van der Waals surface area contributed by atoms with Gasteiger partial charge in [0.15, 0.2) is 5.96 Å². The van der Waals surface area contributed by atoms with Gasteiger partial charge in [0.1, 0.15) is 42.3 Å². The molecule has 0 saturated heterocycles. The number of primary amides is 2. The molecule has 0 bridgehead atoms. The molecule has 1 aromatic carbocycles. The number of hydrogen-bond donors (Lipinski definition) is 14. The van der Waals surface area contributed by atoms with Crippen LogP contribution in [0.5, 0.6) is 0 Å². The van der Waals surface area contributed by atoms with Crippen LogP contribution in [-0.4, -0.2) is 133 Å². The summed E-state index contributed by atoms with van der Waals surface area (Å²) in [7, 11) is 0. The average Bonchev–Trinajstić information content (AvgIpc) is 3.21. The zero-order valence-corrected chi connectivity index (χ0v) is 36.0. The van der Waals surface area contributed by atoms with Crippen molar-refractivity contribution < 1.29 is 48.3 Å². The summed E-state index contributed by atoms with van der Waals surface area (Å²) in [5, 5.41) is 26.6. The highest BCUT2D eigenvalue weighted by Crippen LogP contribution is 2.10. The predicted molar refractivity (Wildman–Crippen MR) is 231 cm³/mol. The number of nitrogens with zero attached hydrogens (tertiary/aromatic N) is 1. The van der Waals surface area contributed by atoms with E-state index in [1.165, 1.54) is 6.92 Å². The molecule has 0 aromatic heterocycles. The minimum absolute atomic E-state index is 0.00263. The number of hydrogen-bond acceptors (Lipinski definition) is 13. The van der Waals surface area contributed by atoms with Crippen LogP contribution in [-0.2, 0) is 49.6 Å². The first-order chi connectivity index (χ1) is 29.7. The van der Waals surface area contributed by atoms with E-state index >= 15 is 0 Å². The van der Waals surface area contributed by atoms with E-state index < -0.39 is 115 Å². The normalized spacial score (nSPS) is 14.2. The highest BCUT2D eigenvalue weighted by molar-refractivity contribution is 5.98. The summed E-state index contributed by atoms with van der Waals surface area (Å²) < 4.78 is 0. The standard InChI is InChI=1S/C39H66N14O10/c1-21(2)16-27(37(62)52-28(34(59)47-19-31(43)56)17-23-10-5-4-6-11-23)51-38(63)29(18-30(42)55)53-36(61)26(13-9-15-46-39(44)45)50-35(60)25(12-7-8-14-40)49-32(57)22(3)48-33(58)24(41)20-54/h4-6,10-11,21-22,24-29,54H,7-9,12-20,40-41H2,1-3H3,(H2,42,55)(H2,43,56)(H,47,59)(H,48,58)(H,49,57)(H,50,60)(H,51,63)(H,52,62)(H,53,61)(H4,44,45,46)/t22-,24-,25-,26-,27-,28-,29-/m0/s1. The molecule has 0 unspecified atom stereocenters. The largest absolute Gasteiger partial charge is 0.394 e. The highest BCUT2D eigenvalue weighted by Gasteiger charge is 2.34.